The van der Waals surface area contributed by atoms with E-state index in [0.29, 0.717) is 5.82 Å². The van der Waals surface area contributed by atoms with E-state index >= 15 is 0 Å². The van der Waals surface area contributed by atoms with Crippen molar-refractivity contribution < 1.29 is 9.66 Å². The van der Waals surface area contributed by atoms with E-state index in [1.165, 1.54) is 12.1 Å². The second kappa shape index (κ2) is 5.81. The van der Waals surface area contributed by atoms with Crippen LogP contribution in [0, 0.1) is 10.1 Å². The molecule has 1 aromatic rings. The summed E-state index contributed by atoms with van der Waals surface area (Å²) in [6.45, 7) is 2.65. The highest BCUT2D eigenvalue weighted by molar-refractivity contribution is 5.60. The van der Waals surface area contributed by atoms with Crippen molar-refractivity contribution in [1.29, 1.82) is 0 Å². The standard InChI is InChI=1S/C11H17N5O3/c1-7(9-3-2-6-19-9)13-11-8(16(17)18)4-5-10(14-11)15-12/h4-5,7,9H,2-3,6,12H2,1H3,(H2,13,14,15). The number of rotatable bonds is 5. The molecule has 0 bridgehead atoms. The van der Waals surface area contributed by atoms with Gasteiger partial charge in [-0.25, -0.2) is 10.8 Å². The molecule has 0 aromatic carbocycles. The quantitative estimate of drug-likeness (QED) is 0.417. The van der Waals surface area contributed by atoms with Gasteiger partial charge in [-0.1, -0.05) is 0 Å². The fraction of sp³-hybridized carbons (Fsp3) is 0.545. The molecule has 0 aliphatic carbocycles. The van der Waals surface area contributed by atoms with Crippen LogP contribution in [0.25, 0.3) is 0 Å². The van der Waals surface area contributed by atoms with Crippen molar-refractivity contribution in [2.45, 2.75) is 31.9 Å². The maximum atomic E-state index is 11.0. The zero-order chi connectivity index (χ0) is 13.8. The number of nitrogens with zero attached hydrogens (tertiary/aromatic N) is 2. The largest absolute Gasteiger partial charge is 0.376 e. The van der Waals surface area contributed by atoms with Gasteiger partial charge >= 0.3 is 5.69 Å². The number of hydrogen-bond acceptors (Lipinski definition) is 7. The molecule has 4 N–H and O–H groups in total. The van der Waals surface area contributed by atoms with Gasteiger partial charge in [0.25, 0.3) is 0 Å². The lowest BCUT2D eigenvalue weighted by atomic mass is 10.1. The van der Waals surface area contributed by atoms with Crippen molar-refractivity contribution in [3.8, 4) is 0 Å². The number of hydrazine groups is 1. The van der Waals surface area contributed by atoms with Crippen molar-refractivity contribution >= 4 is 17.3 Å². The maximum Gasteiger partial charge on any atom is 0.311 e. The van der Waals surface area contributed by atoms with Crippen LogP contribution in [-0.4, -0.2) is 28.7 Å². The van der Waals surface area contributed by atoms with E-state index < -0.39 is 4.92 Å². The van der Waals surface area contributed by atoms with Crippen molar-refractivity contribution in [2.75, 3.05) is 17.3 Å². The zero-order valence-electron chi connectivity index (χ0n) is 10.6. The summed E-state index contributed by atoms with van der Waals surface area (Å²) in [5.74, 6) is 5.83. The van der Waals surface area contributed by atoms with E-state index in [9.17, 15) is 10.1 Å². The lowest BCUT2D eigenvalue weighted by molar-refractivity contribution is -0.384. The third-order valence-electron chi connectivity index (χ3n) is 3.11. The SMILES string of the molecule is CC(Nc1nc(NN)ccc1[N+](=O)[O-])C1CCCO1. The molecule has 2 atom stereocenters. The highest BCUT2D eigenvalue weighted by Crippen LogP contribution is 2.26. The minimum Gasteiger partial charge on any atom is -0.376 e. The summed E-state index contributed by atoms with van der Waals surface area (Å²) < 4.78 is 5.54. The van der Waals surface area contributed by atoms with Gasteiger partial charge in [-0.2, -0.15) is 0 Å². The van der Waals surface area contributed by atoms with Crippen molar-refractivity contribution in [1.82, 2.24) is 4.98 Å². The fourth-order valence-corrected chi connectivity index (χ4v) is 2.09. The number of aromatic nitrogens is 1. The molecule has 0 spiro atoms. The summed E-state index contributed by atoms with van der Waals surface area (Å²) in [4.78, 5) is 14.6. The molecule has 1 aromatic heterocycles. The van der Waals surface area contributed by atoms with Gasteiger partial charge in [0.05, 0.1) is 17.1 Å². The first kappa shape index (κ1) is 13.5. The van der Waals surface area contributed by atoms with Crippen LogP contribution < -0.4 is 16.6 Å². The molecular formula is C11H17N5O3. The number of pyridine rings is 1. The molecule has 8 heteroatoms. The van der Waals surface area contributed by atoms with E-state index in [2.05, 4.69) is 15.7 Å². The first-order chi connectivity index (χ1) is 9.11. The zero-order valence-corrected chi connectivity index (χ0v) is 10.6. The fourth-order valence-electron chi connectivity index (χ4n) is 2.09. The smallest absolute Gasteiger partial charge is 0.311 e. The number of anilines is 2. The van der Waals surface area contributed by atoms with E-state index in [1.807, 2.05) is 6.92 Å². The van der Waals surface area contributed by atoms with Gasteiger partial charge in [-0.3, -0.25) is 10.1 Å². The topological polar surface area (TPSA) is 115 Å². The first-order valence-electron chi connectivity index (χ1n) is 6.12. The second-order valence-corrected chi connectivity index (χ2v) is 4.45. The summed E-state index contributed by atoms with van der Waals surface area (Å²) in [5, 5.41) is 14.0. The van der Waals surface area contributed by atoms with Gasteiger partial charge in [0, 0.05) is 12.7 Å². The predicted molar refractivity (Wildman–Crippen MR) is 70.8 cm³/mol. The maximum absolute atomic E-state index is 11.0. The third kappa shape index (κ3) is 3.09. The van der Waals surface area contributed by atoms with Gasteiger partial charge in [0.15, 0.2) is 0 Å². The van der Waals surface area contributed by atoms with Crippen LogP contribution in [0.4, 0.5) is 17.3 Å². The molecule has 8 nitrogen and oxygen atoms in total. The van der Waals surface area contributed by atoms with Gasteiger partial charge in [0.1, 0.15) is 5.82 Å². The Morgan fingerprint density at radius 1 is 1.63 bits per heavy atom. The molecule has 2 heterocycles. The lowest BCUT2D eigenvalue weighted by Gasteiger charge is -2.20. The van der Waals surface area contributed by atoms with Crippen molar-refractivity contribution in [2.24, 2.45) is 5.84 Å². The van der Waals surface area contributed by atoms with Crippen LogP contribution in [0.2, 0.25) is 0 Å². The van der Waals surface area contributed by atoms with E-state index in [1.54, 1.807) is 0 Å². The third-order valence-corrected chi connectivity index (χ3v) is 3.11. The molecule has 1 aliphatic rings. The van der Waals surface area contributed by atoms with E-state index in [0.717, 1.165) is 19.4 Å². The van der Waals surface area contributed by atoms with Gasteiger partial charge in [0.2, 0.25) is 5.82 Å². The summed E-state index contributed by atoms with van der Waals surface area (Å²) in [6, 6.07) is 2.77. The summed E-state index contributed by atoms with van der Waals surface area (Å²) >= 11 is 0. The van der Waals surface area contributed by atoms with Gasteiger partial charge in [-0.15, -0.1) is 0 Å². The number of nitrogens with two attached hydrogens (primary N) is 1. The van der Waals surface area contributed by atoms with Crippen LogP contribution in [0.5, 0.6) is 0 Å². The Labute approximate surface area is 110 Å². The van der Waals surface area contributed by atoms with Crippen molar-refractivity contribution in [3.05, 3.63) is 22.2 Å². The molecule has 1 aliphatic heterocycles. The number of nitrogen functional groups attached to an aromatic ring is 1. The number of nitrogens with one attached hydrogen (secondary N) is 2. The Morgan fingerprint density at radius 3 is 3.00 bits per heavy atom. The normalized spacial score (nSPS) is 20.0. The van der Waals surface area contributed by atoms with Crippen LogP contribution >= 0.6 is 0 Å². The average molecular weight is 267 g/mol. The lowest BCUT2D eigenvalue weighted by Crippen LogP contribution is -2.30. The minimum atomic E-state index is -0.474. The Balaban J connectivity index is 2.18. The van der Waals surface area contributed by atoms with Gasteiger partial charge < -0.3 is 15.5 Å². The molecule has 0 amide bonds. The predicted octanol–water partition coefficient (Wildman–Crippen LogP) is 1.25. The number of ether oxygens (including phenoxy) is 1. The number of nitro groups is 1. The van der Waals surface area contributed by atoms with Crippen LogP contribution in [0.15, 0.2) is 12.1 Å². The monoisotopic (exact) mass is 267 g/mol. The summed E-state index contributed by atoms with van der Waals surface area (Å²) in [5.41, 5.74) is 2.29. The Morgan fingerprint density at radius 2 is 2.42 bits per heavy atom. The molecule has 2 rings (SSSR count). The Bertz CT molecular complexity index is 462. The minimum absolute atomic E-state index is 0.0518. The summed E-state index contributed by atoms with van der Waals surface area (Å²) in [7, 11) is 0. The molecule has 2 unspecified atom stereocenters. The average Bonchev–Trinajstić information content (AvgIpc) is 2.92. The first-order valence-corrected chi connectivity index (χ1v) is 6.12. The van der Waals surface area contributed by atoms with E-state index in [-0.39, 0.29) is 23.7 Å². The second-order valence-electron chi connectivity index (χ2n) is 4.45. The molecule has 0 saturated carbocycles. The molecule has 1 fully saturated rings. The Kier molecular flexibility index (Phi) is 4.13. The van der Waals surface area contributed by atoms with Crippen molar-refractivity contribution in [3.63, 3.8) is 0 Å². The molecule has 104 valence electrons. The Hall–Kier alpha value is -1.93. The molecule has 0 radical (unpaired) electrons. The molecule has 19 heavy (non-hydrogen) atoms. The van der Waals surface area contributed by atoms with Crippen LogP contribution in [-0.2, 0) is 4.74 Å². The molecule has 1 saturated heterocycles. The van der Waals surface area contributed by atoms with E-state index in [4.69, 9.17) is 10.6 Å². The number of hydrogen-bond donors (Lipinski definition) is 3. The van der Waals surface area contributed by atoms with Crippen LogP contribution in [0.1, 0.15) is 19.8 Å². The highest BCUT2D eigenvalue weighted by atomic mass is 16.6. The van der Waals surface area contributed by atoms with Crippen LogP contribution in [0.3, 0.4) is 0 Å². The molecular weight excluding hydrogens is 250 g/mol. The van der Waals surface area contributed by atoms with Gasteiger partial charge in [-0.05, 0) is 25.8 Å². The summed E-state index contributed by atoms with van der Waals surface area (Å²) in [6.07, 6.45) is 2.00. The highest BCUT2D eigenvalue weighted by Gasteiger charge is 2.25.